The number of aryl methyl sites for hydroxylation is 1. The van der Waals surface area contributed by atoms with E-state index < -0.39 is 0 Å². The van der Waals surface area contributed by atoms with Crippen LogP contribution in [0.3, 0.4) is 0 Å². The molecule has 2 aromatic rings. The van der Waals surface area contributed by atoms with Gasteiger partial charge in [-0.25, -0.2) is 0 Å². The zero-order chi connectivity index (χ0) is 17.6. The van der Waals surface area contributed by atoms with Gasteiger partial charge in [0.1, 0.15) is 0 Å². The van der Waals surface area contributed by atoms with Crippen LogP contribution < -0.4 is 10.2 Å². The van der Waals surface area contributed by atoms with Crippen LogP contribution in [0.5, 0.6) is 0 Å². The molecule has 132 valence electrons. The molecule has 3 rings (SSSR count). The number of nitrogens with zero attached hydrogens (tertiary/aromatic N) is 2. The van der Waals surface area contributed by atoms with E-state index in [1.807, 2.05) is 38.4 Å². The molecule has 4 heteroatoms. The molecule has 2 aromatic carbocycles. The molecule has 0 saturated heterocycles. The Labute approximate surface area is 150 Å². The van der Waals surface area contributed by atoms with E-state index in [1.165, 1.54) is 16.8 Å². The lowest BCUT2D eigenvalue weighted by atomic mass is 10.0. The van der Waals surface area contributed by atoms with Crippen LogP contribution in [-0.4, -0.2) is 44.5 Å². The van der Waals surface area contributed by atoms with Gasteiger partial charge in [-0.1, -0.05) is 48.5 Å². The van der Waals surface area contributed by atoms with E-state index in [0.717, 1.165) is 19.4 Å². The summed E-state index contributed by atoms with van der Waals surface area (Å²) in [5.41, 5.74) is 3.77. The lowest BCUT2D eigenvalue weighted by molar-refractivity contribution is -0.120. The molecule has 0 fully saturated rings. The molecule has 0 bridgehead atoms. The van der Waals surface area contributed by atoms with Crippen LogP contribution in [0.4, 0.5) is 5.69 Å². The second-order valence-electron chi connectivity index (χ2n) is 6.85. The van der Waals surface area contributed by atoms with Crippen LogP contribution in [0, 0.1) is 0 Å². The molecule has 1 aliphatic rings. The second kappa shape index (κ2) is 8.17. The Morgan fingerprint density at radius 3 is 2.60 bits per heavy atom. The predicted molar refractivity (Wildman–Crippen MR) is 103 cm³/mol. The van der Waals surface area contributed by atoms with Gasteiger partial charge in [-0.05, 0) is 44.1 Å². The van der Waals surface area contributed by atoms with Gasteiger partial charge < -0.3 is 15.1 Å². The van der Waals surface area contributed by atoms with Crippen molar-refractivity contribution in [3.63, 3.8) is 0 Å². The average molecular weight is 337 g/mol. The summed E-state index contributed by atoms with van der Waals surface area (Å²) in [6, 6.07) is 18.9. The molecule has 0 saturated carbocycles. The number of benzene rings is 2. The normalized spacial score (nSPS) is 14.9. The maximum Gasteiger partial charge on any atom is 0.239 e. The highest BCUT2D eigenvalue weighted by atomic mass is 16.2. The van der Waals surface area contributed by atoms with Gasteiger partial charge in [-0.15, -0.1) is 0 Å². The zero-order valence-electron chi connectivity index (χ0n) is 15.1. The number of likely N-dealkylation sites (N-methyl/N-ethyl adjacent to an activating group) is 1. The Morgan fingerprint density at radius 2 is 1.84 bits per heavy atom. The summed E-state index contributed by atoms with van der Waals surface area (Å²) in [6.07, 6.45) is 2.21. The maximum atomic E-state index is 12.5. The van der Waals surface area contributed by atoms with Crippen LogP contribution >= 0.6 is 0 Å². The number of fused-ring (bicyclic) bond motifs is 1. The number of amides is 1. The van der Waals surface area contributed by atoms with Crippen molar-refractivity contribution in [2.24, 2.45) is 0 Å². The van der Waals surface area contributed by atoms with Gasteiger partial charge in [0.2, 0.25) is 5.91 Å². The molecule has 1 aliphatic heterocycles. The first-order valence-electron chi connectivity index (χ1n) is 8.96. The number of anilines is 1. The van der Waals surface area contributed by atoms with Gasteiger partial charge in [0.05, 0.1) is 12.6 Å². The minimum absolute atomic E-state index is 0.0829. The molecule has 1 atom stereocenters. The Hall–Kier alpha value is -2.33. The van der Waals surface area contributed by atoms with Crippen molar-refractivity contribution in [1.29, 1.82) is 0 Å². The number of carbonyl (C=O) groups excluding carboxylic acids is 1. The number of hydrogen-bond donors (Lipinski definition) is 1. The van der Waals surface area contributed by atoms with Crippen molar-refractivity contribution in [1.82, 2.24) is 10.2 Å². The summed E-state index contributed by atoms with van der Waals surface area (Å²) in [5.74, 6) is 0.0829. The molecule has 0 aliphatic carbocycles. The van der Waals surface area contributed by atoms with Gasteiger partial charge in [-0.3, -0.25) is 4.79 Å². The molecule has 1 unspecified atom stereocenters. The summed E-state index contributed by atoms with van der Waals surface area (Å²) in [4.78, 5) is 16.8. The first-order chi connectivity index (χ1) is 12.1. The Bertz CT molecular complexity index is 699. The molecule has 0 radical (unpaired) electrons. The fourth-order valence-electron chi connectivity index (χ4n) is 3.49. The largest absolute Gasteiger partial charge is 0.362 e. The molecule has 0 spiro atoms. The third kappa shape index (κ3) is 4.40. The van der Waals surface area contributed by atoms with E-state index in [-0.39, 0.29) is 11.9 Å². The smallest absolute Gasteiger partial charge is 0.239 e. The lowest BCUT2D eigenvalue weighted by Crippen LogP contribution is -2.42. The highest BCUT2D eigenvalue weighted by Gasteiger charge is 2.20. The van der Waals surface area contributed by atoms with E-state index in [2.05, 4.69) is 45.4 Å². The van der Waals surface area contributed by atoms with Gasteiger partial charge in [-0.2, -0.15) is 0 Å². The standard InChI is InChI=1S/C21H27N3O/c1-23(2)20(18-9-4-3-5-10-18)15-22-21(25)16-24-14-8-12-17-11-6-7-13-19(17)24/h3-7,9-11,13,20H,8,12,14-16H2,1-2H3,(H,22,25). The van der Waals surface area contributed by atoms with Crippen LogP contribution in [0.1, 0.15) is 23.6 Å². The Morgan fingerprint density at radius 1 is 1.12 bits per heavy atom. The molecule has 4 nitrogen and oxygen atoms in total. The number of nitrogens with one attached hydrogen (secondary N) is 1. The van der Waals surface area contributed by atoms with Crippen molar-refractivity contribution in [2.45, 2.75) is 18.9 Å². The molecule has 25 heavy (non-hydrogen) atoms. The van der Waals surface area contributed by atoms with E-state index in [4.69, 9.17) is 0 Å². The highest BCUT2D eigenvalue weighted by molar-refractivity contribution is 5.82. The Kier molecular flexibility index (Phi) is 5.71. The fraction of sp³-hybridized carbons (Fsp3) is 0.381. The summed E-state index contributed by atoms with van der Waals surface area (Å²) in [6.45, 7) is 1.98. The first-order valence-corrected chi connectivity index (χ1v) is 8.96. The maximum absolute atomic E-state index is 12.5. The lowest BCUT2D eigenvalue weighted by Gasteiger charge is -2.31. The quantitative estimate of drug-likeness (QED) is 0.880. The van der Waals surface area contributed by atoms with Crippen LogP contribution in [-0.2, 0) is 11.2 Å². The molecular weight excluding hydrogens is 310 g/mol. The number of hydrogen-bond acceptors (Lipinski definition) is 3. The SMILES string of the molecule is CN(C)C(CNC(=O)CN1CCCc2ccccc21)c1ccccc1. The third-order valence-electron chi connectivity index (χ3n) is 4.84. The van der Waals surface area contributed by atoms with E-state index in [0.29, 0.717) is 13.1 Å². The topological polar surface area (TPSA) is 35.6 Å². The minimum atomic E-state index is 0.0829. The van der Waals surface area contributed by atoms with Gasteiger partial charge in [0.15, 0.2) is 0 Å². The van der Waals surface area contributed by atoms with Crippen molar-refractivity contribution >= 4 is 11.6 Å². The predicted octanol–water partition coefficient (Wildman–Crippen LogP) is 2.86. The zero-order valence-corrected chi connectivity index (χ0v) is 15.1. The third-order valence-corrected chi connectivity index (χ3v) is 4.84. The van der Waals surface area contributed by atoms with Crippen molar-refractivity contribution in [3.8, 4) is 0 Å². The van der Waals surface area contributed by atoms with Crippen LogP contribution in [0.2, 0.25) is 0 Å². The van der Waals surface area contributed by atoms with Gasteiger partial charge >= 0.3 is 0 Å². The van der Waals surface area contributed by atoms with Gasteiger partial charge in [0, 0.05) is 18.8 Å². The van der Waals surface area contributed by atoms with Crippen molar-refractivity contribution in [2.75, 3.05) is 38.6 Å². The van der Waals surface area contributed by atoms with Crippen LogP contribution in [0.15, 0.2) is 54.6 Å². The second-order valence-corrected chi connectivity index (χ2v) is 6.85. The molecule has 1 amide bonds. The molecule has 1 N–H and O–H groups in total. The molecule has 1 heterocycles. The molecular formula is C21H27N3O. The summed E-state index contributed by atoms with van der Waals surface area (Å²) in [7, 11) is 4.09. The van der Waals surface area contributed by atoms with E-state index in [9.17, 15) is 4.79 Å². The minimum Gasteiger partial charge on any atom is -0.362 e. The summed E-state index contributed by atoms with van der Waals surface area (Å²) in [5, 5.41) is 3.12. The van der Waals surface area contributed by atoms with Crippen LogP contribution in [0.25, 0.3) is 0 Å². The number of para-hydroxylation sites is 1. The molecule has 0 aromatic heterocycles. The van der Waals surface area contributed by atoms with E-state index in [1.54, 1.807) is 0 Å². The first kappa shape index (κ1) is 17.5. The summed E-state index contributed by atoms with van der Waals surface area (Å²) >= 11 is 0. The van der Waals surface area contributed by atoms with E-state index >= 15 is 0 Å². The fourth-order valence-corrected chi connectivity index (χ4v) is 3.49. The highest BCUT2D eigenvalue weighted by Crippen LogP contribution is 2.26. The van der Waals surface area contributed by atoms with Crippen molar-refractivity contribution < 1.29 is 4.79 Å². The van der Waals surface area contributed by atoms with Crippen molar-refractivity contribution in [3.05, 3.63) is 65.7 Å². The number of carbonyl (C=O) groups is 1. The van der Waals surface area contributed by atoms with Gasteiger partial charge in [0.25, 0.3) is 0 Å². The Balaban J connectivity index is 1.60. The number of rotatable bonds is 6. The monoisotopic (exact) mass is 337 g/mol. The summed E-state index contributed by atoms with van der Waals surface area (Å²) < 4.78 is 0. The average Bonchev–Trinajstić information content (AvgIpc) is 2.63.